The Kier molecular flexibility index (Phi) is 3.01. The molecule has 2 saturated heterocycles. The first-order chi connectivity index (χ1) is 6.25. The van der Waals surface area contributed by atoms with E-state index in [4.69, 9.17) is 4.55 Å². The maximum atomic E-state index is 10.5. The number of hydrogen-bond acceptors (Lipinski definition) is 2. The third kappa shape index (κ3) is 2.30. The molecule has 0 amide bonds. The average molecular weight is 203 g/mol. The summed E-state index contributed by atoms with van der Waals surface area (Å²) in [5.74, 6) is 1.29. The lowest BCUT2D eigenvalue weighted by Gasteiger charge is -2.45. The predicted molar refractivity (Wildman–Crippen MR) is 53.0 cm³/mol. The highest BCUT2D eigenvalue weighted by Crippen LogP contribution is 2.34. The van der Waals surface area contributed by atoms with Gasteiger partial charge in [-0.3, -0.25) is 4.90 Å². The zero-order valence-corrected chi connectivity index (χ0v) is 8.63. The predicted octanol–water partition coefficient (Wildman–Crippen LogP) is 1.08. The second kappa shape index (κ2) is 4.07. The summed E-state index contributed by atoms with van der Waals surface area (Å²) >= 11 is -1.61. The fraction of sp³-hybridized carbons (Fsp3) is 1.00. The normalized spacial score (nSPS) is 36.4. The van der Waals surface area contributed by atoms with Crippen LogP contribution in [0, 0.1) is 5.92 Å². The summed E-state index contributed by atoms with van der Waals surface area (Å²) in [5, 5.41) is 0. The van der Waals surface area contributed by atoms with Crippen molar-refractivity contribution in [3.8, 4) is 0 Å². The molecule has 3 aliphatic rings. The second-order valence-electron chi connectivity index (χ2n) is 4.20. The van der Waals surface area contributed by atoms with Gasteiger partial charge in [0.2, 0.25) is 0 Å². The quantitative estimate of drug-likeness (QED) is 0.698. The van der Waals surface area contributed by atoms with Crippen molar-refractivity contribution in [2.24, 2.45) is 5.92 Å². The minimum absolute atomic E-state index is 0.420. The van der Waals surface area contributed by atoms with E-state index >= 15 is 0 Å². The Labute approximate surface area is 81.8 Å². The fourth-order valence-corrected chi connectivity index (χ4v) is 3.03. The van der Waals surface area contributed by atoms with Crippen LogP contribution in [0.2, 0.25) is 0 Å². The molecule has 1 aliphatic carbocycles. The third-order valence-corrected chi connectivity index (χ3v) is 3.91. The second-order valence-corrected chi connectivity index (χ2v) is 5.25. The van der Waals surface area contributed by atoms with E-state index in [9.17, 15) is 4.21 Å². The molecule has 1 unspecified atom stereocenters. The summed E-state index contributed by atoms with van der Waals surface area (Å²) in [6.07, 6.45) is 5.37. The molecule has 0 aromatic heterocycles. The molecular formula is C9H17NO2S. The smallest absolute Gasteiger partial charge is 0.154 e. The third-order valence-electron chi connectivity index (χ3n) is 3.38. The molecule has 3 fully saturated rings. The van der Waals surface area contributed by atoms with E-state index in [1.807, 2.05) is 0 Å². The SMILES string of the molecule is O=S(O)CCN1CC2CCC1CC2. The first kappa shape index (κ1) is 9.62. The highest BCUT2D eigenvalue weighted by atomic mass is 32.2. The van der Waals surface area contributed by atoms with Gasteiger partial charge in [-0.1, -0.05) is 0 Å². The van der Waals surface area contributed by atoms with Crippen molar-refractivity contribution in [2.75, 3.05) is 18.8 Å². The molecule has 0 aromatic carbocycles. The van der Waals surface area contributed by atoms with Crippen molar-refractivity contribution in [2.45, 2.75) is 31.7 Å². The molecule has 3 nitrogen and oxygen atoms in total. The Bertz CT molecular complexity index is 202. The van der Waals surface area contributed by atoms with Gasteiger partial charge in [-0.25, -0.2) is 4.21 Å². The standard InChI is InChI=1S/C9H17NO2S/c11-13(12)6-5-10-7-8-1-3-9(10)4-2-8/h8-9H,1-7H2,(H,11,12). The molecule has 1 N–H and O–H groups in total. The lowest BCUT2D eigenvalue weighted by Crippen LogP contribution is -2.49. The van der Waals surface area contributed by atoms with Gasteiger partial charge in [-0.05, 0) is 31.6 Å². The summed E-state index contributed by atoms with van der Waals surface area (Å²) in [7, 11) is 0. The molecule has 0 radical (unpaired) electrons. The zero-order chi connectivity index (χ0) is 9.26. The largest absolute Gasteiger partial charge is 0.306 e. The van der Waals surface area contributed by atoms with Crippen LogP contribution in [0.25, 0.3) is 0 Å². The molecule has 3 rings (SSSR count). The Morgan fingerprint density at radius 3 is 2.46 bits per heavy atom. The van der Waals surface area contributed by atoms with E-state index in [1.54, 1.807) is 0 Å². The van der Waals surface area contributed by atoms with Gasteiger partial charge in [-0.15, -0.1) is 0 Å². The van der Waals surface area contributed by atoms with Crippen LogP contribution >= 0.6 is 0 Å². The highest BCUT2D eigenvalue weighted by Gasteiger charge is 2.33. The van der Waals surface area contributed by atoms with Gasteiger partial charge in [0.15, 0.2) is 11.1 Å². The van der Waals surface area contributed by atoms with Crippen LogP contribution < -0.4 is 0 Å². The van der Waals surface area contributed by atoms with Crippen LogP contribution in [0.5, 0.6) is 0 Å². The Balaban J connectivity index is 1.83. The first-order valence-corrected chi connectivity index (χ1v) is 6.35. The van der Waals surface area contributed by atoms with Gasteiger partial charge in [0.25, 0.3) is 0 Å². The van der Waals surface area contributed by atoms with E-state index in [0.29, 0.717) is 11.8 Å². The number of hydrogen-bond donors (Lipinski definition) is 1. The monoisotopic (exact) mass is 203 g/mol. The Morgan fingerprint density at radius 1 is 1.31 bits per heavy atom. The average Bonchev–Trinajstić information content (AvgIpc) is 2.17. The first-order valence-electron chi connectivity index (χ1n) is 5.07. The fourth-order valence-electron chi connectivity index (χ4n) is 2.64. The minimum atomic E-state index is -1.61. The van der Waals surface area contributed by atoms with Gasteiger partial charge in [-0.2, -0.15) is 0 Å². The van der Waals surface area contributed by atoms with Crippen LogP contribution in [-0.4, -0.2) is 38.5 Å². The van der Waals surface area contributed by atoms with Crippen LogP contribution in [-0.2, 0) is 11.1 Å². The van der Waals surface area contributed by atoms with Gasteiger partial charge in [0, 0.05) is 19.1 Å². The van der Waals surface area contributed by atoms with Crippen molar-refractivity contribution < 1.29 is 8.76 Å². The molecule has 1 atom stereocenters. The van der Waals surface area contributed by atoms with Crippen molar-refractivity contribution in [3.05, 3.63) is 0 Å². The van der Waals surface area contributed by atoms with Gasteiger partial charge in [0.1, 0.15) is 0 Å². The molecule has 0 aromatic rings. The van der Waals surface area contributed by atoms with Crippen LogP contribution in [0.1, 0.15) is 25.7 Å². The molecule has 2 heterocycles. The molecular weight excluding hydrogens is 186 g/mol. The highest BCUT2D eigenvalue weighted by molar-refractivity contribution is 7.79. The number of fused-ring (bicyclic) bond motifs is 3. The van der Waals surface area contributed by atoms with E-state index in [-0.39, 0.29) is 0 Å². The topological polar surface area (TPSA) is 40.5 Å². The molecule has 2 bridgehead atoms. The van der Waals surface area contributed by atoms with Gasteiger partial charge >= 0.3 is 0 Å². The molecule has 76 valence electrons. The van der Waals surface area contributed by atoms with Crippen molar-refractivity contribution >= 4 is 11.1 Å². The Hall–Kier alpha value is 0.0700. The summed E-state index contributed by atoms with van der Waals surface area (Å²) in [5.41, 5.74) is 0. The maximum Gasteiger partial charge on any atom is 0.154 e. The van der Waals surface area contributed by atoms with Crippen LogP contribution in [0.4, 0.5) is 0 Å². The maximum absolute atomic E-state index is 10.5. The van der Waals surface area contributed by atoms with Gasteiger partial charge in [0.05, 0.1) is 5.75 Å². The summed E-state index contributed by atoms with van der Waals surface area (Å²) in [6.45, 7) is 1.98. The summed E-state index contributed by atoms with van der Waals surface area (Å²) < 4.78 is 19.2. The van der Waals surface area contributed by atoms with Crippen molar-refractivity contribution in [1.29, 1.82) is 0 Å². The number of nitrogens with zero attached hydrogens (tertiary/aromatic N) is 1. The number of piperidine rings is 2. The lowest BCUT2D eigenvalue weighted by molar-refractivity contribution is 0.0545. The van der Waals surface area contributed by atoms with E-state index in [0.717, 1.165) is 12.5 Å². The molecule has 2 aliphatic heterocycles. The van der Waals surface area contributed by atoms with Gasteiger partial charge < -0.3 is 4.55 Å². The van der Waals surface area contributed by atoms with E-state index in [2.05, 4.69) is 4.90 Å². The summed E-state index contributed by atoms with van der Waals surface area (Å²) in [4.78, 5) is 2.41. The van der Waals surface area contributed by atoms with E-state index < -0.39 is 11.1 Å². The zero-order valence-electron chi connectivity index (χ0n) is 7.82. The minimum Gasteiger partial charge on any atom is -0.306 e. The van der Waals surface area contributed by atoms with E-state index in [1.165, 1.54) is 32.2 Å². The molecule has 4 heteroatoms. The van der Waals surface area contributed by atoms with Crippen molar-refractivity contribution in [3.63, 3.8) is 0 Å². The van der Waals surface area contributed by atoms with Crippen LogP contribution in [0.3, 0.4) is 0 Å². The number of rotatable bonds is 3. The Morgan fingerprint density at radius 2 is 2.00 bits per heavy atom. The van der Waals surface area contributed by atoms with Crippen molar-refractivity contribution in [1.82, 2.24) is 4.90 Å². The molecule has 0 spiro atoms. The lowest BCUT2D eigenvalue weighted by atomic mass is 9.80. The van der Waals surface area contributed by atoms with Crippen LogP contribution in [0.15, 0.2) is 0 Å². The summed E-state index contributed by atoms with van der Waals surface area (Å²) in [6, 6.07) is 0.716. The molecule has 13 heavy (non-hydrogen) atoms. The molecule has 1 saturated carbocycles.